The Morgan fingerprint density at radius 2 is 2.18 bits per heavy atom. The second kappa shape index (κ2) is 8.09. The SMILES string of the molecule is CCCc1cc(C(=O)NCC2(COC)CCNCC2)sc1C. The number of hydrogen-bond acceptors (Lipinski definition) is 4. The van der Waals surface area contributed by atoms with Crippen LogP contribution in [0.2, 0.25) is 0 Å². The lowest BCUT2D eigenvalue weighted by atomic mass is 9.79. The van der Waals surface area contributed by atoms with Crippen molar-refractivity contribution >= 4 is 17.2 Å². The molecule has 5 heteroatoms. The third-order valence-corrected chi connectivity index (χ3v) is 5.59. The lowest BCUT2D eigenvalue weighted by Gasteiger charge is -2.37. The van der Waals surface area contributed by atoms with Crippen LogP contribution in [0.3, 0.4) is 0 Å². The maximum atomic E-state index is 12.4. The van der Waals surface area contributed by atoms with Crippen LogP contribution in [0.5, 0.6) is 0 Å². The minimum Gasteiger partial charge on any atom is -0.384 e. The molecule has 1 aromatic heterocycles. The summed E-state index contributed by atoms with van der Waals surface area (Å²) in [6, 6.07) is 2.06. The molecule has 0 bridgehead atoms. The van der Waals surface area contributed by atoms with Gasteiger partial charge in [0.1, 0.15) is 0 Å². The Labute approximate surface area is 137 Å². The molecule has 0 radical (unpaired) electrons. The fourth-order valence-electron chi connectivity index (χ4n) is 3.14. The van der Waals surface area contributed by atoms with Crippen molar-refractivity contribution in [3.63, 3.8) is 0 Å². The van der Waals surface area contributed by atoms with Crippen LogP contribution < -0.4 is 10.6 Å². The first-order valence-corrected chi connectivity index (χ1v) is 8.99. The number of hydrogen-bond donors (Lipinski definition) is 2. The molecule has 0 aliphatic carbocycles. The van der Waals surface area contributed by atoms with Gasteiger partial charge in [0.2, 0.25) is 0 Å². The minimum absolute atomic E-state index is 0.0597. The molecule has 4 nitrogen and oxygen atoms in total. The summed E-state index contributed by atoms with van der Waals surface area (Å²) in [5, 5.41) is 6.52. The molecule has 0 saturated carbocycles. The number of thiophene rings is 1. The second-order valence-corrected chi connectivity index (χ2v) is 7.56. The first kappa shape index (κ1) is 17.4. The highest BCUT2D eigenvalue weighted by atomic mass is 32.1. The van der Waals surface area contributed by atoms with E-state index < -0.39 is 0 Å². The number of nitrogens with one attached hydrogen (secondary N) is 2. The van der Waals surface area contributed by atoms with Crippen LogP contribution in [0.4, 0.5) is 0 Å². The van der Waals surface area contributed by atoms with Crippen molar-refractivity contribution < 1.29 is 9.53 Å². The summed E-state index contributed by atoms with van der Waals surface area (Å²) in [6.07, 6.45) is 4.26. The molecule has 2 N–H and O–H groups in total. The Morgan fingerprint density at radius 3 is 2.82 bits per heavy atom. The molecule has 1 amide bonds. The van der Waals surface area contributed by atoms with E-state index in [1.807, 2.05) is 0 Å². The smallest absolute Gasteiger partial charge is 0.261 e. The summed E-state index contributed by atoms with van der Waals surface area (Å²) in [4.78, 5) is 14.5. The van der Waals surface area contributed by atoms with Gasteiger partial charge in [-0.2, -0.15) is 0 Å². The molecule has 1 fully saturated rings. The van der Waals surface area contributed by atoms with E-state index in [1.54, 1.807) is 18.4 Å². The van der Waals surface area contributed by atoms with Crippen LogP contribution in [0.15, 0.2) is 6.07 Å². The standard InChI is InChI=1S/C17H28N2O2S/c1-4-5-14-10-15(22-13(14)2)16(20)19-11-17(12-21-3)6-8-18-9-7-17/h10,18H,4-9,11-12H2,1-3H3,(H,19,20). The topological polar surface area (TPSA) is 50.4 Å². The zero-order valence-electron chi connectivity index (χ0n) is 14.0. The van der Waals surface area contributed by atoms with Crippen molar-refractivity contribution in [3.8, 4) is 0 Å². The minimum atomic E-state index is 0.0597. The fraction of sp³-hybridized carbons (Fsp3) is 0.706. The van der Waals surface area contributed by atoms with Gasteiger partial charge in [0.15, 0.2) is 0 Å². The van der Waals surface area contributed by atoms with Gasteiger partial charge in [0.25, 0.3) is 5.91 Å². The maximum Gasteiger partial charge on any atom is 0.261 e. The molecule has 0 unspecified atom stereocenters. The van der Waals surface area contributed by atoms with Crippen LogP contribution in [-0.4, -0.2) is 39.3 Å². The van der Waals surface area contributed by atoms with Gasteiger partial charge in [-0.25, -0.2) is 0 Å². The molecule has 1 aliphatic heterocycles. The van der Waals surface area contributed by atoms with E-state index in [0.717, 1.165) is 43.6 Å². The first-order valence-electron chi connectivity index (χ1n) is 8.17. The average molecular weight is 324 g/mol. The van der Waals surface area contributed by atoms with E-state index in [9.17, 15) is 4.79 Å². The van der Waals surface area contributed by atoms with Crippen molar-refractivity contribution in [2.45, 2.75) is 39.5 Å². The number of aryl methyl sites for hydroxylation is 2. The number of amides is 1. The van der Waals surface area contributed by atoms with Gasteiger partial charge in [0, 0.05) is 23.9 Å². The predicted molar refractivity (Wildman–Crippen MR) is 91.8 cm³/mol. The van der Waals surface area contributed by atoms with E-state index in [2.05, 4.69) is 30.5 Å². The van der Waals surface area contributed by atoms with Gasteiger partial charge in [-0.15, -0.1) is 11.3 Å². The molecule has 1 saturated heterocycles. The summed E-state index contributed by atoms with van der Waals surface area (Å²) in [6.45, 7) is 7.67. The number of piperidine rings is 1. The van der Waals surface area contributed by atoms with Crippen molar-refractivity contribution in [2.24, 2.45) is 5.41 Å². The highest BCUT2D eigenvalue weighted by Gasteiger charge is 2.32. The summed E-state index contributed by atoms with van der Waals surface area (Å²) in [5.74, 6) is 0.0597. The van der Waals surface area contributed by atoms with E-state index in [0.29, 0.717) is 13.2 Å². The second-order valence-electron chi connectivity index (χ2n) is 6.31. The van der Waals surface area contributed by atoms with Gasteiger partial charge in [-0.05, 0) is 50.9 Å². The number of rotatable bonds is 7. The van der Waals surface area contributed by atoms with Gasteiger partial charge in [-0.3, -0.25) is 4.79 Å². The Balaban J connectivity index is 1.97. The summed E-state index contributed by atoms with van der Waals surface area (Å²) < 4.78 is 5.40. The zero-order valence-corrected chi connectivity index (χ0v) is 14.8. The van der Waals surface area contributed by atoms with Crippen LogP contribution in [0.25, 0.3) is 0 Å². The Bertz CT molecular complexity index is 487. The van der Waals surface area contributed by atoms with Crippen molar-refractivity contribution in [3.05, 3.63) is 21.4 Å². The largest absolute Gasteiger partial charge is 0.384 e. The first-order chi connectivity index (χ1) is 10.6. The van der Waals surface area contributed by atoms with E-state index >= 15 is 0 Å². The zero-order chi connectivity index (χ0) is 16.0. The molecular formula is C17H28N2O2S. The number of ether oxygens (including phenoxy) is 1. The molecule has 0 spiro atoms. The normalized spacial score (nSPS) is 17.4. The fourth-order valence-corrected chi connectivity index (χ4v) is 4.13. The summed E-state index contributed by atoms with van der Waals surface area (Å²) in [7, 11) is 1.74. The van der Waals surface area contributed by atoms with Crippen LogP contribution >= 0.6 is 11.3 Å². The quantitative estimate of drug-likeness (QED) is 0.811. The molecular weight excluding hydrogens is 296 g/mol. The third kappa shape index (κ3) is 4.31. The van der Waals surface area contributed by atoms with Gasteiger partial charge < -0.3 is 15.4 Å². The van der Waals surface area contributed by atoms with Crippen molar-refractivity contribution in [1.82, 2.24) is 10.6 Å². The molecule has 0 aromatic carbocycles. The maximum absolute atomic E-state index is 12.4. The molecule has 124 valence electrons. The molecule has 1 aromatic rings. The van der Waals surface area contributed by atoms with E-state index in [1.165, 1.54) is 10.4 Å². The van der Waals surface area contributed by atoms with Crippen LogP contribution in [0, 0.1) is 12.3 Å². The highest BCUT2D eigenvalue weighted by molar-refractivity contribution is 7.14. The monoisotopic (exact) mass is 324 g/mol. The van der Waals surface area contributed by atoms with Crippen molar-refractivity contribution in [1.29, 1.82) is 0 Å². The molecule has 0 atom stereocenters. The number of methoxy groups -OCH3 is 1. The average Bonchev–Trinajstić information content (AvgIpc) is 2.88. The lowest BCUT2D eigenvalue weighted by molar-refractivity contribution is 0.0512. The van der Waals surface area contributed by atoms with E-state index in [4.69, 9.17) is 4.74 Å². The van der Waals surface area contributed by atoms with Crippen molar-refractivity contribution in [2.75, 3.05) is 33.4 Å². The molecule has 22 heavy (non-hydrogen) atoms. The van der Waals surface area contributed by atoms with Gasteiger partial charge in [-0.1, -0.05) is 13.3 Å². The number of carbonyl (C=O) groups is 1. The molecule has 2 heterocycles. The lowest BCUT2D eigenvalue weighted by Crippen LogP contribution is -2.47. The molecule has 2 rings (SSSR count). The number of carbonyl (C=O) groups excluding carboxylic acids is 1. The Hall–Kier alpha value is -0.910. The molecule has 1 aliphatic rings. The Morgan fingerprint density at radius 1 is 1.45 bits per heavy atom. The van der Waals surface area contributed by atoms with Gasteiger partial charge in [0.05, 0.1) is 11.5 Å². The predicted octanol–water partition coefficient (Wildman–Crippen LogP) is 2.76. The van der Waals surface area contributed by atoms with Crippen LogP contribution in [0.1, 0.15) is 46.3 Å². The van der Waals surface area contributed by atoms with Gasteiger partial charge >= 0.3 is 0 Å². The summed E-state index contributed by atoms with van der Waals surface area (Å²) >= 11 is 1.61. The van der Waals surface area contributed by atoms with Crippen LogP contribution in [-0.2, 0) is 11.2 Å². The highest BCUT2D eigenvalue weighted by Crippen LogP contribution is 2.29. The van der Waals surface area contributed by atoms with E-state index in [-0.39, 0.29) is 11.3 Å². The summed E-state index contributed by atoms with van der Waals surface area (Å²) in [5.41, 5.74) is 1.39. The Kier molecular flexibility index (Phi) is 6.41. The third-order valence-electron chi connectivity index (χ3n) is 4.50.